The lowest BCUT2D eigenvalue weighted by Gasteiger charge is -2.40. The van der Waals surface area contributed by atoms with E-state index in [0.717, 1.165) is 12.1 Å². The van der Waals surface area contributed by atoms with Crippen molar-refractivity contribution in [2.75, 3.05) is 12.8 Å². The molecule has 0 radical (unpaired) electrons. The molecule has 1 aliphatic carbocycles. The topological polar surface area (TPSA) is 41.1 Å². The lowest BCUT2D eigenvalue weighted by molar-refractivity contribution is 0.236. The van der Waals surface area contributed by atoms with Crippen molar-refractivity contribution in [1.29, 1.82) is 0 Å². The molecule has 2 N–H and O–H groups in total. The van der Waals surface area contributed by atoms with Crippen molar-refractivity contribution in [2.24, 2.45) is 0 Å². The van der Waals surface area contributed by atoms with Crippen LogP contribution in [0.25, 0.3) is 0 Å². The molecule has 3 nitrogen and oxygen atoms in total. The Balaban J connectivity index is 1.69. The minimum absolute atomic E-state index is 0.0702. The fourth-order valence-electron chi connectivity index (χ4n) is 2.11. The number of amides is 2. The van der Waals surface area contributed by atoms with Crippen molar-refractivity contribution in [1.82, 2.24) is 10.6 Å². The smallest absolute Gasteiger partial charge is 0.315 e. The van der Waals surface area contributed by atoms with E-state index >= 15 is 0 Å². The summed E-state index contributed by atoms with van der Waals surface area (Å²) in [5, 5.41) is 5.86. The van der Waals surface area contributed by atoms with E-state index < -0.39 is 0 Å². The van der Waals surface area contributed by atoms with Crippen LogP contribution in [0.1, 0.15) is 24.8 Å². The van der Waals surface area contributed by atoms with Crippen molar-refractivity contribution in [3.8, 4) is 0 Å². The first kappa shape index (κ1) is 13.3. The van der Waals surface area contributed by atoms with Gasteiger partial charge in [-0.3, -0.25) is 0 Å². The predicted octanol–water partition coefficient (Wildman–Crippen LogP) is 2.77. The molecule has 0 spiro atoms. The van der Waals surface area contributed by atoms with E-state index in [0.29, 0.717) is 11.3 Å². The molecule has 0 aromatic heterocycles. The predicted molar refractivity (Wildman–Crippen MR) is 76.8 cm³/mol. The zero-order valence-corrected chi connectivity index (χ0v) is 11.6. The van der Waals surface area contributed by atoms with Gasteiger partial charge < -0.3 is 10.6 Å². The molecular weight excluding hydrogens is 244 g/mol. The summed E-state index contributed by atoms with van der Waals surface area (Å²) in [6, 6.07) is 9.88. The molecule has 0 atom stereocenters. The quantitative estimate of drug-likeness (QED) is 0.858. The summed E-state index contributed by atoms with van der Waals surface area (Å²) in [6.45, 7) is 1.35. The first-order valence-electron chi connectivity index (χ1n) is 6.35. The van der Waals surface area contributed by atoms with Crippen molar-refractivity contribution < 1.29 is 4.79 Å². The minimum atomic E-state index is -0.0702. The molecule has 0 unspecified atom stereocenters. The molecule has 1 fully saturated rings. The number of carbonyl (C=O) groups is 1. The molecule has 0 bridgehead atoms. The fourth-order valence-corrected chi connectivity index (χ4v) is 3.02. The van der Waals surface area contributed by atoms with E-state index in [2.05, 4.69) is 16.9 Å². The van der Waals surface area contributed by atoms with E-state index in [-0.39, 0.29) is 6.03 Å². The van der Waals surface area contributed by atoms with E-state index in [1.54, 1.807) is 0 Å². The Morgan fingerprint density at radius 2 is 2.00 bits per heavy atom. The molecule has 1 aromatic carbocycles. The zero-order chi connectivity index (χ0) is 12.8. The van der Waals surface area contributed by atoms with Crippen LogP contribution in [0, 0.1) is 0 Å². The molecule has 98 valence electrons. The van der Waals surface area contributed by atoms with Gasteiger partial charge in [0.1, 0.15) is 0 Å². The van der Waals surface area contributed by atoms with Crippen LogP contribution < -0.4 is 10.6 Å². The molecule has 1 aliphatic rings. The highest BCUT2D eigenvalue weighted by atomic mass is 32.2. The number of rotatable bonds is 5. The maximum absolute atomic E-state index is 11.7. The SMILES string of the molecule is CSC1(CNC(=O)NCc2ccccc2)CCC1. The summed E-state index contributed by atoms with van der Waals surface area (Å²) in [4.78, 5) is 11.7. The van der Waals surface area contributed by atoms with E-state index in [9.17, 15) is 4.79 Å². The van der Waals surface area contributed by atoms with Gasteiger partial charge in [0.2, 0.25) is 0 Å². The van der Waals surface area contributed by atoms with Crippen LogP contribution in [0.5, 0.6) is 0 Å². The maximum Gasteiger partial charge on any atom is 0.315 e. The number of urea groups is 1. The Kier molecular flexibility index (Phi) is 4.53. The Morgan fingerprint density at radius 3 is 2.56 bits per heavy atom. The van der Waals surface area contributed by atoms with Gasteiger partial charge in [0.05, 0.1) is 0 Å². The van der Waals surface area contributed by atoms with E-state index in [1.165, 1.54) is 19.3 Å². The van der Waals surface area contributed by atoms with Crippen LogP contribution in [0.4, 0.5) is 4.79 Å². The Labute approximate surface area is 113 Å². The van der Waals surface area contributed by atoms with Crippen molar-refractivity contribution in [3.63, 3.8) is 0 Å². The standard InChI is InChI=1S/C14H20N2OS/c1-18-14(8-5-9-14)11-16-13(17)15-10-12-6-3-2-4-7-12/h2-4,6-7H,5,8-11H2,1H3,(H2,15,16,17). The first-order valence-corrected chi connectivity index (χ1v) is 7.57. The number of benzene rings is 1. The lowest BCUT2D eigenvalue weighted by atomic mass is 9.84. The van der Waals surface area contributed by atoms with Gasteiger partial charge in [-0.25, -0.2) is 4.79 Å². The Morgan fingerprint density at radius 1 is 1.28 bits per heavy atom. The average molecular weight is 264 g/mol. The highest BCUT2D eigenvalue weighted by Crippen LogP contribution is 2.42. The number of thioether (sulfide) groups is 1. The number of hydrogen-bond acceptors (Lipinski definition) is 2. The summed E-state index contributed by atoms with van der Waals surface area (Å²) in [7, 11) is 0. The van der Waals surface area contributed by atoms with E-state index in [1.807, 2.05) is 42.1 Å². The molecule has 2 rings (SSSR count). The summed E-state index contributed by atoms with van der Waals surface area (Å²) in [6.07, 6.45) is 5.84. The molecule has 0 saturated heterocycles. The van der Waals surface area contributed by atoms with Gasteiger partial charge in [-0.2, -0.15) is 11.8 Å². The fraction of sp³-hybridized carbons (Fsp3) is 0.500. The second-order valence-electron chi connectivity index (χ2n) is 4.76. The van der Waals surface area contributed by atoms with Crippen LogP contribution in [0.15, 0.2) is 30.3 Å². The molecular formula is C14H20N2OS. The van der Waals surface area contributed by atoms with E-state index in [4.69, 9.17) is 0 Å². The summed E-state index contributed by atoms with van der Waals surface area (Å²) in [5.74, 6) is 0. The molecule has 1 aromatic rings. The van der Waals surface area contributed by atoms with Gasteiger partial charge in [-0.15, -0.1) is 0 Å². The summed E-state index contributed by atoms with van der Waals surface area (Å²) < 4.78 is 0.296. The van der Waals surface area contributed by atoms with Gasteiger partial charge in [0.15, 0.2) is 0 Å². The van der Waals surface area contributed by atoms with Crippen LogP contribution >= 0.6 is 11.8 Å². The largest absolute Gasteiger partial charge is 0.337 e. The minimum Gasteiger partial charge on any atom is -0.337 e. The van der Waals surface area contributed by atoms with Gasteiger partial charge >= 0.3 is 6.03 Å². The van der Waals surface area contributed by atoms with Crippen LogP contribution in [-0.2, 0) is 6.54 Å². The molecule has 0 aliphatic heterocycles. The Hall–Kier alpha value is -1.16. The third kappa shape index (κ3) is 3.42. The molecule has 0 heterocycles. The molecule has 18 heavy (non-hydrogen) atoms. The van der Waals surface area contributed by atoms with Crippen LogP contribution in [-0.4, -0.2) is 23.6 Å². The van der Waals surface area contributed by atoms with Gasteiger partial charge in [0.25, 0.3) is 0 Å². The van der Waals surface area contributed by atoms with Gasteiger partial charge in [-0.05, 0) is 24.7 Å². The van der Waals surface area contributed by atoms with Crippen molar-refractivity contribution >= 4 is 17.8 Å². The third-order valence-corrected chi connectivity index (χ3v) is 4.98. The second-order valence-corrected chi connectivity index (χ2v) is 6.04. The van der Waals surface area contributed by atoms with Gasteiger partial charge in [0, 0.05) is 17.8 Å². The monoisotopic (exact) mass is 264 g/mol. The average Bonchev–Trinajstić information content (AvgIpc) is 2.37. The summed E-state index contributed by atoms with van der Waals surface area (Å²) in [5.41, 5.74) is 1.12. The second kappa shape index (κ2) is 6.14. The van der Waals surface area contributed by atoms with Gasteiger partial charge in [-0.1, -0.05) is 36.8 Å². The molecule has 4 heteroatoms. The highest BCUT2D eigenvalue weighted by Gasteiger charge is 2.36. The lowest BCUT2D eigenvalue weighted by Crippen LogP contribution is -2.47. The first-order chi connectivity index (χ1) is 8.74. The van der Waals surface area contributed by atoms with Crippen LogP contribution in [0.2, 0.25) is 0 Å². The van der Waals surface area contributed by atoms with Crippen molar-refractivity contribution in [2.45, 2.75) is 30.6 Å². The number of hydrogen-bond donors (Lipinski definition) is 2. The maximum atomic E-state index is 11.7. The van der Waals surface area contributed by atoms with Crippen LogP contribution in [0.3, 0.4) is 0 Å². The van der Waals surface area contributed by atoms with Crippen molar-refractivity contribution in [3.05, 3.63) is 35.9 Å². The molecule has 2 amide bonds. The zero-order valence-electron chi connectivity index (χ0n) is 10.7. The Bertz CT molecular complexity index is 385. The molecule has 1 saturated carbocycles. The number of nitrogens with one attached hydrogen (secondary N) is 2. The highest BCUT2D eigenvalue weighted by molar-refractivity contribution is 8.00. The number of carbonyl (C=O) groups excluding carboxylic acids is 1. The third-order valence-electron chi connectivity index (χ3n) is 3.56. The normalized spacial score (nSPS) is 16.7. The summed E-state index contributed by atoms with van der Waals surface area (Å²) >= 11 is 1.87.